The number of aryl methyl sites for hydroxylation is 4. The zero-order valence-corrected chi connectivity index (χ0v) is 83.2. The molecular formula is C114H110N22O8. The zero-order chi connectivity index (χ0) is 100.0. The maximum absolute atomic E-state index is 13.7. The van der Waals surface area contributed by atoms with E-state index < -0.39 is 0 Å². The van der Waals surface area contributed by atoms with Crippen LogP contribution in [0, 0.1) is 20.8 Å². The molecule has 2 saturated heterocycles. The lowest BCUT2D eigenvalue weighted by atomic mass is 9.82. The Kier molecular flexibility index (Phi) is 26.5. The first-order valence-corrected chi connectivity index (χ1v) is 49.3. The number of aliphatic imine (C=N–C) groups is 8. The molecule has 0 amide bonds. The van der Waals surface area contributed by atoms with Crippen LogP contribution in [0.3, 0.4) is 0 Å². The van der Waals surface area contributed by atoms with Gasteiger partial charge in [-0.1, -0.05) is 181 Å². The second-order valence-corrected chi connectivity index (χ2v) is 36.0. The Bertz CT molecular complexity index is 7890. The number of likely N-dealkylation sites (N-methyl/N-ethyl adjacent to an activating group) is 1. The van der Waals surface area contributed by atoms with Gasteiger partial charge < -0.3 is 53.3 Å². The molecule has 144 heavy (non-hydrogen) atoms. The summed E-state index contributed by atoms with van der Waals surface area (Å²) in [5, 5.41) is 19.5. The van der Waals surface area contributed by atoms with E-state index in [0.717, 1.165) is 209 Å². The van der Waals surface area contributed by atoms with E-state index in [1.807, 2.05) is 214 Å². The van der Waals surface area contributed by atoms with Gasteiger partial charge in [0.25, 0.3) is 0 Å². The molecule has 9 aromatic carbocycles. The first-order chi connectivity index (χ1) is 70.2. The number of anilines is 2. The number of ether oxygens (including phenoxy) is 2. The molecule has 10 heterocycles. The number of Topliss-reactive ketones (excluding diaryl/α,β-unsaturated/α-hetero) is 5. The van der Waals surface area contributed by atoms with Crippen molar-refractivity contribution >= 4 is 132 Å². The number of fused-ring (bicyclic) bond motifs is 17. The van der Waals surface area contributed by atoms with E-state index in [1.54, 1.807) is 13.3 Å². The van der Waals surface area contributed by atoms with E-state index in [-0.39, 0.29) is 28.9 Å². The van der Waals surface area contributed by atoms with Gasteiger partial charge in [-0.3, -0.25) is 28.7 Å². The number of imidazole rings is 1. The van der Waals surface area contributed by atoms with Crippen LogP contribution >= 0.6 is 0 Å². The van der Waals surface area contributed by atoms with Crippen molar-refractivity contribution in [3.63, 3.8) is 0 Å². The quantitative estimate of drug-likeness (QED) is 0.0996. The second kappa shape index (κ2) is 40.2. The van der Waals surface area contributed by atoms with Crippen molar-refractivity contribution < 1.29 is 38.0 Å². The van der Waals surface area contributed by atoms with Gasteiger partial charge in [-0.05, 0) is 130 Å². The molecule has 0 unspecified atom stereocenters. The number of benzene rings is 9. The van der Waals surface area contributed by atoms with Crippen LogP contribution < -0.4 is 25.1 Å². The molecule has 12 aliphatic rings. The van der Waals surface area contributed by atoms with Gasteiger partial charge >= 0.3 is 0 Å². The van der Waals surface area contributed by atoms with Gasteiger partial charge in [0, 0.05) is 176 Å². The average Bonchev–Trinajstić information content (AvgIpc) is 1.55. The van der Waals surface area contributed by atoms with Crippen molar-refractivity contribution in [2.24, 2.45) is 57.2 Å². The Morgan fingerprint density at radius 2 is 0.882 bits per heavy atom. The van der Waals surface area contributed by atoms with Crippen molar-refractivity contribution in [3.8, 4) is 17.0 Å². The Morgan fingerprint density at radius 1 is 0.417 bits per heavy atom. The lowest BCUT2D eigenvalue weighted by Gasteiger charge is -2.34. The Hall–Kier alpha value is -16.6. The monoisotopic (exact) mass is 1910 g/mol. The van der Waals surface area contributed by atoms with E-state index in [0.29, 0.717) is 138 Å². The topological polar surface area (TPSA) is 323 Å². The summed E-state index contributed by atoms with van der Waals surface area (Å²) in [7, 11) is 5.69. The highest BCUT2D eigenvalue weighted by molar-refractivity contribution is 6.47. The summed E-state index contributed by atoms with van der Waals surface area (Å²) >= 11 is 0. The number of allylic oxidation sites excluding steroid dienone is 8. The fourth-order valence-electron chi connectivity index (χ4n) is 20.2. The molecule has 7 aliphatic heterocycles. The molecule has 30 nitrogen and oxygen atoms in total. The number of hydrogen-bond acceptors (Lipinski definition) is 28. The highest BCUT2D eigenvalue weighted by Gasteiger charge is 2.43. The number of piperazine rings is 1. The minimum Gasteiger partial charge on any atom is -0.497 e. The number of aromatic amines is 1. The maximum Gasteiger partial charge on any atom is 0.226 e. The second-order valence-electron chi connectivity index (χ2n) is 36.0. The third-order valence-corrected chi connectivity index (χ3v) is 27.9. The van der Waals surface area contributed by atoms with Crippen molar-refractivity contribution in [2.75, 3.05) is 129 Å². The molecular weight excluding hydrogens is 1810 g/mol. The normalized spacial score (nSPS) is 16.7. The molecule has 724 valence electrons. The number of carbonyl (C=O) groups is 5. The molecule has 2 fully saturated rings. The number of carbonyl (C=O) groups excluding carboxylic acids is 5. The standard InChI is InChI=1S/C27H31N5O.C23H21N5O.C22H19N5O.C22H21N3O2.C20H18N4O3/c1-5-31(6-2)27-28-24-21-9-7-8-10-22(21)26(33)23(25(24)29-27)20-12-11-19(17-18(20)3)32-15-13-30(4)14-16-32;1-4-28(5-2)23-24-20-14-10-6-7-11-15(14)22(29)18(21(20)25-23)19-16-12-8-9-13-17(16)27(3)26-19;1-3-27(4-2)22-24-19-14-9-5-6-10-15(14)21(28)17(20(19)25-22)16-11-7-8-13-12-23-26-18(13)16;1-4-25(5-2)22-23-19-16-8-6-7-9-17(16)21(26)18(20(19)24-22)14-10-12-15(27-3)13-11-14;1-11-15(12(2)27-23-11)16-18-17(13-5-3-4-6-14(13)19(16)25)21-20(22-18)24-7-9-26-10-8-24/h7-12,17H,5-6,13-16H2,1-4H3;6-13H,4-5H2,1-3H3;5-12H,3-4H2,1-2H3,(H,24,25);6-13H,4-5H2,1-3H3;3-6H,7-10H2,1-2H3. The number of nitrogens with zero attached hydrogens (tertiary/aromatic N) is 21. The molecule has 12 aromatic rings. The van der Waals surface area contributed by atoms with Crippen LogP contribution in [-0.2, 0) is 11.8 Å². The number of aromatic nitrogens is 5. The number of rotatable bonds is 15. The van der Waals surface area contributed by atoms with Gasteiger partial charge in [-0.15, -0.1) is 5.10 Å². The maximum atomic E-state index is 13.7. The molecule has 3 aromatic heterocycles. The van der Waals surface area contributed by atoms with Gasteiger partial charge in [-0.25, -0.2) is 44.9 Å². The molecule has 0 atom stereocenters. The smallest absolute Gasteiger partial charge is 0.226 e. The number of ketones is 5. The third kappa shape index (κ3) is 17.0. The largest absolute Gasteiger partial charge is 0.497 e. The van der Waals surface area contributed by atoms with Crippen LogP contribution in [0.15, 0.2) is 284 Å². The summed E-state index contributed by atoms with van der Waals surface area (Å²) < 4.78 is 17.8. The van der Waals surface area contributed by atoms with Crippen LogP contribution in [0.1, 0.15) is 180 Å². The summed E-state index contributed by atoms with van der Waals surface area (Å²) in [4.78, 5) is 130. The molecule has 24 rings (SSSR count). The summed E-state index contributed by atoms with van der Waals surface area (Å²) in [6, 6.07) is 65.9. The van der Waals surface area contributed by atoms with Crippen LogP contribution in [0.25, 0.3) is 50.0 Å². The number of methoxy groups -OCH3 is 1. The number of H-pyrrole nitrogens is 1. The van der Waals surface area contributed by atoms with Gasteiger partial charge in [-0.2, -0.15) is 10.2 Å². The summed E-state index contributed by atoms with van der Waals surface area (Å²) in [5.74, 6) is 4.65. The number of guanidine groups is 4. The first-order valence-electron chi connectivity index (χ1n) is 49.3. The molecule has 5 aliphatic carbocycles. The SMILES string of the molecule is CCN(CC)C1=NC2=C(c3ccc(N4CCN(C)CC4)cc3C)C(=O)c3ccccc3C2=N1.CCN(CC)C1=NC2=C(c3ccc(OC)cc3)C(=O)c3ccccc3C2=N1.CCN(CC)C1=NC2=C(c3nn(C)c4ccccc34)C(=O)c3ccccc3C2=N1.CCN(CC)c1nc2c([nH]1)C(=c1cccc3c1=NN=C3)C(=O)c1ccccc1-2.Cc1noc(C)c1C1=C2N=C(N3CCOCC3)N=C2c2ccccc2C1=O. The number of hydrogen-bond donors (Lipinski definition) is 1. The van der Waals surface area contributed by atoms with Crippen LogP contribution in [0.2, 0.25) is 0 Å². The van der Waals surface area contributed by atoms with Crippen molar-refractivity contribution in [3.05, 3.63) is 340 Å². The number of para-hydroxylation sites is 1. The van der Waals surface area contributed by atoms with E-state index >= 15 is 0 Å². The molecule has 0 saturated carbocycles. The van der Waals surface area contributed by atoms with Crippen LogP contribution in [-0.4, -0.2) is 250 Å². The Balaban J connectivity index is 0.000000110. The molecule has 0 radical (unpaired) electrons. The number of nitrogens with one attached hydrogen (secondary N) is 1. The highest BCUT2D eigenvalue weighted by atomic mass is 16.5. The van der Waals surface area contributed by atoms with Crippen molar-refractivity contribution in [1.82, 2.24) is 49.4 Å². The predicted octanol–water partition coefficient (Wildman–Crippen LogP) is 16.0. The van der Waals surface area contributed by atoms with Gasteiger partial charge in [0.05, 0.1) is 82.6 Å². The lowest BCUT2D eigenvalue weighted by molar-refractivity contribution is 0.0677. The molecule has 0 spiro atoms. The van der Waals surface area contributed by atoms with E-state index in [9.17, 15) is 24.0 Å². The van der Waals surface area contributed by atoms with Crippen LogP contribution in [0.5, 0.6) is 5.75 Å². The fraction of sp³-hybridized carbons (Fsp3) is 0.263. The Morgan fingerprint density at radius 3 is 1.40 bits per heavy atom. The number of morpholine rings is 1. The average molecular weight is 1920 g/mol. The zero-order valence-electron chi connectivity index (χ0n) is 83.2. The summed E-state index contributed by atoms with van der Waals surface area (Å²) in [6.07, 6.45) is 1.72. The van der Waals surface area contributed by atoms with E-state index in [1.165, 1.54) is 5.69 Å². The predicted molar refractivity (Wildman–Crippen MR) is 568 cm³/mol. The molecule has 0 bridgehead atoms. The van der Waals surface area contributed by atoms with E-state index in [2.05, 4.69) is 142 Å². The van der Waals surface area contributed by atoms with E-state index in [4.69, 9.17) is 64.0 Å². The molecule has 30 heteroatoms. The van der Waals surface area contributed by atoms with Crippen molar-refractivity contribution in [2.45, 2.75) is 76.2 Å². The lowest BCUT2D eigenvalue weighted by Crippen LogP contribution is -2.44. The van der Waals surface area contributed by atoms with Crippen LogP contribution in [0.4, 0.5) is 11.6 Å². The molecule has 1 N–H and O–H groups in total. The minimum absolute atomic E-state index is 0.0192. The summed E-state index contributed by atoms with van der Waals surface area (Å²) in [6.45, 7) is 35.9. The first kappa shape index (κ1) is 95.0. The van der Waals surface area contributed by atoms with Crippen molar-refractivity contribution in [1.29, 1.82) is 0 Å². The minimum atomic E-state index is -0.0686. The van der Waals surface area contributed by atoms with Gasteiger partial charge in [0.2, 0.25) is 29.8 Å². The summed E-state index contributed by atoms with van der Waals surface area (Å²) in [5.41, 5.74) is 25.7. The highest BCUT2D eigenvalue weighted by Crippen LogP contribution is 2.45. The fourth-order valence-corrected chi connectivity index (χ4v) is 20.2. The third-order valence-electron chi connectivity index (χ3n) is 27.9. The van der Waals surface area contributed by atoms with Gasteiger partial charge in [0.15, 0.2) is 28.9 Å². The van der Waals surface area contributed by atoms with Gasteiger partial charge in [0.1, 0.15) is 68.2 Å². The Labute approximate surface area is 834 Å².